The Morgan fingerprint density at radius 3 is 2.20 bits per heavy atom. The molecule has 0 fully saturated rings. The van der Waals surface area contributed by atoms with Crippen molar-refractivity contribution in [3.63, 3.8) is 0 Å². The fourth-order valence-corrected chi connectivity index (χ4v) is 3.13. The van der Waals surface area contributed by atoms with Gasteiger partial charge < -0.3 is 9.52 Å². The number of aliphatic hydroxyl groups is 1. The van der Waals surface area contributed by atoms with Gasteiger partial charge in [0.05, 0.1) is 10.6 Å². The molecular weight excluding hydrogens is 349 g/mol. The minimum atomic E-state index is -3.36. The second kappa shape index (κ2) is 6.30. The first kappa shape index (κ1) is 17.1. The van der Waals surface area contributed by atoms with Gasteiger partial charge in [-0.25, -0.2) is 22.2 Å². The molecule has 0 aliphatic heterocycles. The quantitative estimate of drug-likeness (QED) is 0.767. The van der Waals surface area contributed by atoms with Gasteiger partial charge >= 0.3 is 5.76 Å². The van der Waals surface area contributed by atoms with E-state index >= 15 is 0 Å². The second-order valence-electron chi connectivity index (χ2n) is 5.41. The highest BCUT2D eigenvalue weighted by atomic mass is 32.2. The number of aliphatic hydroxyl groups excluding tert-OH is 1. The van der Waals surface area contributed by atoms with Crippen LogP contribution in [0.5, 0.6) is 0 Å². The molecule has 130 valence electrons. The SMILES string of the molecule is CS(=O)(=O)c1ccc(-c2c(CO)oc(=O)n2-c2ccc(F)cc2)cc1. The van der Waals surface area contributed by atoms with Gasteiger partial charge in [0.15, 0.2) is 15.6 Å². The zero-order chi connectivity index (χ0) is 18.2. The van der Waals surface area contributed by atoms with Crippen LogP contribution >= 0.6 is 0 Å². The third-order valence-electron chi connectivity index (χ3n) is 3.67. The molecule has 1 N–H and O–H groups in total. The topological polar surface area (TPSA) is 89.5 Å². The Hall–Kier alpha value is -2.71. The van der Waals surface area contributed by atoms with E-state index in [2.05, 4.69) is 0 Å². The first-order chi connectivity index (χ1) is 11.8. The molecule has 0 radical (unpaired) electrons. The minimum absolute atomic E-state index is 0.0291. The second-order valence-corrected chi connectivity index (χ2v) is 7.42. The number of halogens is 1. The van der Waals surface area contributed by atoms with E-state index in [1.54, 1.807) is 0 Å². The molecule has 8 heteroatoms. The molecular formula is C17H14FNO5S. The number of rotatable bonds is 4. The van der Waals surface area contributed by atoms with Crippen molar-refractivity contribution in [2.45, 2.75) is 11.5 Å². The third kappa shape index (κ3) is 3.26. The molecule has 25 heavy (non-hydrogen) atoms. The maximum atomic E-state index is 13.1. The Morgan fingerprint density at radius 2 is 1.68 bits per heavy atom. The van der Waals surface area contributed by atoms with E-state index in [0.29, 0.717) is 11.3 Å². The lowest BCUT2D eigenvalue weighted by atomic mass is 10.1. The van der Waals surface area contributed by atoms with Crippen LogP contribution in [0.4, 0.5) is 4.39 Å². The number of aromatic nitrogens is 1. The highest BCUT2D eigenvalue weighted by molar-refractivity contribution is 7.90. The summed E-state index contributed by atoms with van der Waals surface area (Å²) in [5.41, 5.74) is 1.11. The first-order valence-electron chi connectivity index (χ1n) is 7.23. The molecule has 0 saturated carbocycles. The van der Waals surface area contributed by atoms with Crippen molar-refractivity contribution in [1.29, 1.82) is 0 Å². The molecule has 1 heterocycles. The van der Waals surface area contributed by atoms with Crippen LogP contribution in [0.25, 0.3) is 16.9 Å². The first-order valence-corrected chi connectivity index (χ1v) is 9.12. The van der Waals surface area contributed by atoms with E-state index in [1.165, 1.54) is 53.1 Å². The van der Waals surface area contributed by atoms with Crippen molar-refractivity contribution in [2.24, 2.45) is 0 Å². The lowest BCUT2D eigenvalue weighted by Gasteiger charge is -2.08. The van der Waals surface area contributed by atoms with Crippen LogP contribution in [0.1, 0.15) is 5.76 Å². The van der Waals surface area contributed by atoms with Crippen LogP contribution in [0, 0.1) is 5.82 Å². The molecule has 1 aromatic heterocycles. The van der Waals surface area contributed by atoms with E-state index in [4.69, 9.17) is 4.42 Å². The lowest BCUT2D eigenvalue weighted by molar-refractivity contribution is 0.244. The molecule has 3 rings (SSSR count). The van der Waals surface area contributed by atoms with Gasteiger partial charge in [0, 0.05) is 11.8 Å². The standard InChI is InChI=1S/C17H14FNO5S/c1-25(22,23)14-8-2-11(3-9-14)16-15(10-20)24-17(21)19(16)13-6-4-12(18)5-7-13/h2-9,20H,10H2,1H3. The number of nitrogens with zero attached hydrogens (tertiary/aromatic N) is 1. The van der Waals surface area contributed by atoms with Gasteiger partial charge in [-0.15, -0.1) is 0 Å². The summed E-state index contributed by atoms with van der Waals surface area (Å²) in [7, 11) is -3.36. The molecule has 0 aliphatic carbocycles. The molecule has 0 bridgehead atoms. The van der Waals surface area contributed by atoms with Crippen molar-refractivity contribution in [1.82, 2.24) is 4.57 Å². The van der Waals surface area contributed by atoms with Crippen LogP contribution in [-0.4, -0.2) is 24.3 Å². The summed E-state index contributed by atoms with van der Waals surface area (Å²) in [4.78, 5) is 12.3. The Kier molecular flexibility index (Phi) is 4.32. The number of hydrogen-bond donors (Lipinski definition) is 1. The maximum Gasteiger partial charge on any atom is 0.424 e. The summed E-state index contributed by atoms with van der Waals surface area (Å²) in [6.45, 7) is -0.521. The van der Waals surface area contributed by atoms with Crippen LogP contribution in [0.2, 0.25) is 0 Å². The predicted molar refractivity (Wildman–Crippen MR) is 88.7 cm³/mol. The summed E-state index contributed by atoms with van der Waals surface area (Å²) >= 11 is 0. The smallest absolute Gasteiger partial charge is 0.409 e. The van der Waals surface area contributed by atoms with Crippen LogP contribution < -0.4 is 5.76 Å². The fraction of sp³-hybridized carbons (Fsp3) is 0.118. The molecule has 0 amide bonds. The van der Waals surface area contributed by atoms with Gasteiger partial charge in [-0.3, -0.25) is 0 Å². The highest BCUT2D eigenvalue weighted by Gasteiger charge is 2.20. The number of oxazole rings is 1. The monoisotopic (exact) mass is 363 g/mol. The summed E-state index contributed by atoms with van der Waals surface area (Å²) in [6.07, 6.45) is 1.09. The van der Waals surface area contributed by atoms with E-state index in [9.17, 15) is 22.7 Å². The lowest BCUT2D eigenvalue weighted by Crippen LogP contribution is -2.13. The average molecular weight is 363 g/mol. The summed E-state index contributed by atoms with van der Waals surface area (Å²) < 4.78 is 42.6. The Labute approximate surface area is 142 Å². The average Bonchev–Trinajstić information content (AvgIpc) is 2.91. The van der Waals surface area contributed by atoms with Gasteiger partial charge in [0.25, 0.3) is 0 Å². The van der Waals surface area contributed by atoms with Gasteiger partial charge in [-0.2, -0.15) is 0 Å². The van der Waals surface area contributed by atoms with Crippen molar-refractivity contribution < 1.29 is 22.3 Å². The van der Waals surface area contributed by atoms with Gasteiger partial charge in [-0.05, 0) is 36.4 Å². The van der Waals surface area contributed by atoms with E-state index in [1.807, 2.05) is 0 Å². The molecule has 2 aromatic carbocycles. The van der Waals surface area contributed by atoms with Gasteiger partial charge in [0.2, 0.25) is 0 Å². The van der Waals surface area contributed by atoms with Crippen LogP contribution in [-0.2, 0) is 16.4 Å². The number of benzene rings is 2. The van der Waals surface area contributed by atoms with Gasteiger partial charge in [0.1, 0.15) is 18.1 Å². The molecule has 0 saturated heterocycles. The Balaban J connectivity index is 2.21. The largest absolute Gasteiger partial charge is 0.424 e. The van der Waals surface area contributed by atoms with E-state index < -0.39 is 28.0 Å². The van der Waals surface area contributed by atoms with Crippen molar-refractivity contribution in [3.8, 4) is 16.9 Å². The number of sulfone groups is 1. The zero-order valence-electron chi connectivity index (χ0n) is 13.1. The van der Waals surface area contributed by atoms with Crippen LogP contribution in [0.3, 0.4) is 0 Å². The Morgan fingerprint density at radius 1 is 1.08 bits per heavy atom. The van der Waals surface area contributed by atoms with E-state index in [-0.39, 0.29) is 16.3 Å². The molecule has 0 unspecified atom stereocenters. The highest BCUT2D eigenvalue weighted by Crippen LogP contribution is 2.27. The van der Waals surface area contributed by atoms with Gasteiger partial charge in [-0.1, -0.05) is 12.1 Å². The molecule has 0 atom stereocenters. The van der Waals surface area contributed by atoms with Crippen molar-refractivity contribution in [2.75, 3.05) is 6.26 Å². The number of hydrogen-bond acceptors (Lipinski definition) is 5. The van der Waals surface area contributed by atoms with Crippen molar-refractivity contribution >= 4 is 9.84 Å². The molecule has 0 spiro atoms. The normalized spacial score (nSPS) is 11.6. The zero-order valence-corrected chi connectivity index (χ0v) is 14.0. The molecule has 0 aliphatic rings. The van der Waals surface area contributed by atoms with Crippen molar-refractivity contribution in [3.05, 3.63) is 70.7 Å². The molecule has 3 aromatic rings. The summed E-state index contributed by atoms with van der Waals surface area (Å²) in [6, 6.07) is 11.0. The molecule has 6 nitrogen and oxygen atoms in total. The summed E-state index contributed by atoms with van der Waals surface area (Å²) in [5.74, 6) is -1.17. The Bertz CT molecular complexity index is 1060. The predicted octanol–water partition coefficient (Wildman–Crippen LogP) is 2.13. The maximum absolute atomic E-state index is 13.1. The third-order valence-corrected chi connectivity index (χ3v) is 4.79. The summed E-state index contributed by atoms with van der Waals surface area (Å²) in [5, 5.41) is 9.49. The minimum Gasteiger partial charge on any atom is -0.409 e. The fourth-order valence-electron chi connectivity index (χ4n) is 2.50. The van der Waals surface area contributed by atoms with E-state index in [0.717, 1.165) is 6.26 Å². The van der Waals surface area contributed by atoms with Crippen LogP contribution in [0.15, 0.2) is 62.6 Å².